The maximum atomic E-state index is 12.7. The number of hydrogen-bond donors (Lipinski definition) is 1. The van der Waals surface area contributed by atoms with Crippen molar-refractivity contribution >= 4 is 11.8 Å². The molecule has 0 bridgehead atoms. The summed E-state index contributed by atoms with van der Waals surface area (Å²) >= 11 is 0. The second-order valence-electron chi connectivity index (χ2n) is 6.75. The molecule has 0 unspecified atom stereocenters. The standard InChI is InChI=1S/C18H26N4O2/c1-6-14(13-8-10-19-11-9-13)22(7-2)17(23)20-16-12-15(24-21-16)18(3,4)5/h8-12,14H,6-7H2,1-5H3,(H,20,21,23)/t14-/m0/s1. The number of hydrogen-bond acceptors (Lipinski definition) is 4. The van der Waals surface area contributed by atoms with E-state index in [-0.39, 0.29) is 17.5 Å². The first kappa shape index (κ1) is 18.0. The van der Waals surface area contributed by atoms with Crippen LogP contribution < -0.4 is 5.32 Å². The molecule has 1 atom stereocenters. The minimum Gasteiger partial charge on any atom is -0.359 e. The van der Waals surface area contributed by atoms with Crippen LogP contribution >= 0.6 is 0 Å². The van der Waals surface area contributed by atoms with Crippen molar-refractivity contribution in [3.8, 4) is 0 Å². The summed E-state index contributed by atoms with van der Waals surface area (Å²) in [5.74, 6) is 1.18. The highest BCUT2D eigenvalue weighted by molar-refractivity contribution is 5.88. The average Bonchev–Trinajstić information content (AvgIpc) is 3.01. The molecule has 0 fully saturated rings. The topological polar surface area (TPSA) is 71.3 Å². The molecular formula is C18H26N4O2. The highest BCUT2D eigenvalue weighted by atomic mass is 16.5. The van der Waals surface area contributed by atoms with Crippen molar-refractivity contribution in [1.29, 1.82) is 0 Å². The van der Waals surface area contributed by atoms with Gasteiger partial charge in [0, 0.05) is 30.4 Å². The molecule has 0 radical (unpaired) electrons. The first-order valence-electron chi connectivity index (χ1n) is 8.31. The summed E-state index contributed by atoms with van der Waals surface area (Å²) in [6.45, 7) is 10.7. The Morgan fingerprint density at radius 3 is 2.46 bits per heavy atom. The highest BCUT2D eigenvalue weighted by Gasteiger charge is 2.25. The van der Waals surface area contributed by atoms with Gasteiger partial charge in [-0.25, -0.2) is 4.79 Å². The molecule has 0 saturated carbocycles. The lowest BCUT2D eigenvalue weighted by Gasteiger charge is -2.30. The Hall–Kier alpha value is -2.37. The molecule has 2 aromatic rings. The van der Waals surface area contributed by atoms with Crippen LogP contribution in [0, 0.1) is 0 Å². The second kappa shape index (κ2) is 7.47. The van der Waals surface area contributed by atoms with Crippen LogP contribution in [0.4, 0.5) is 10.6 Å². The summed E-state index contributed by atoms with van der Waals surface area (Å²) < 4.78 is 5.32. The van der Waals surface area contributed by atoms with E-state index in [2.05, 4.69) is 22.4 Å². The van der Waals surface area contributed by atoms with Gasteiger partial charge in [0.15, 0.2) is 5.82 Å². The van der Waals surface area contributed by atoms with E-state index in [1.165, 1.54) is 0 Å². The Bertz CT molecular complexity index is 661. The largest absolute Gasteiger partial charge is 0.359 e. The summed E-state index contributed by atoms with van der Waals surface area (Å²) in [7, 11) is 0. The van der Waals surface area contributed by atoms with Gasteiger partial charge in [0.05, 0.1) is 6.04 Å². The second-order valence-corrected chi connectivity index (χ2v) is 6.75. The van der Waals surface area contributed by atoms with E-state index < -0.39 is 0 Å². The van der Waals surface area contributed by atoms with Gasteiger partial charge in [0.1, 0.15) is 5.76 Å². The van der Waals surface area contributed by atoms with Crippen LogP contribution in [-0.2, 0) is 5.41 Å². The van der Waals surface area contributed by atoms with Crippen molar-refractivity contribution in [3.63, 3.8) is 0 Å². The summed E-state index contributed by atoms with van der Waals surface area (Å²) in [5, 5.41) is 6.79. The third kappa shape index (κ3) is 4.13. The minimum atomic E-state index is -0.185. The van der Waals surface area contributed by atoms with Crippen LogP contribution in [0.15, 0.2) is 35.1 Å². The molecule has 2 amide bonds. The molecule has 0 aliphatic carbocycles. The summed E-state index contributed by atoms with van der Waals surface area (Å²) in [4.78, 5) is 18.5. The molecule has 0 aliphatic heterocycles. The van der Waals surface area contributed by atoms with Crippen LogP contribution in [0.2, 0.25) is 0 Å². The monoisotopic (exact) mass is 330 g/mol. The van der Waals surface area contributed by atoms with Crippen molar-refractivity contribution in [1.82, 2.24) is 15.0 Å². The number of anilines is 1. The van der Waals surface area contributed by atoms with Gasteiger partial charge < -0.3 is 9.42 Å². The van der Waals surface area contributed by atoms with E-state index in [9.17, 15) is 4.79 Å². The SMILES string of the molecule is CC[C@@H](c1ccncc1)N(CC)C(=O)Nc1cc(C(C)(C)C)on1. The molecule has 24 heavy (non-hydrogen) atoms. The summed E-state index contributed by atoms with van der Waals surface area (Å²) in [6.07, 6.45) is 4.31. The van der Waals surface area contributed by atoms with Crippen molar-refractivity contribution in [2.75, 3.05) is 11.9 Å². The van der Waals surface area contributed by atoms with Crippen molar-refractivity contribution < 1.29 is 9.32 Å². The Morgan fingerprint density at radius 1 is 1.29 bits per heavy atom. The number of rotatable bonds is 5. The zero-order valence-corrected chi connectivity index (χ0v) is 15.0. The maximum Gasteiger partial charge on any atom is 0.323 e. The van der Waals surface area contributed by atoms with Gasteiger partial charge in [-0.15, -0.1) is 0 Å². The number of amides is 2. The van der Waals surface area contributed by atoms with E-state index in [0.29, 0.717) is 12.4 Å². The number of nitrogens with zero attached hydrogens (tertiary/aromatic N) is 3. The molecule has 1 N–H and O–H groups in total. The third-order valence-electron chi connectivity index (χ3n) is 3.94. The van der Waals surface area contributed by atoms with Crippen molar-refractivity contribution in [2.45, 2.75) is 52.5 Å². The van der Waals surface area contributed by atoms with Crippen LogP contribution in [0.5, 0.6) is 0 Å². The molecule has 0 saturated heterocycles. The van der Waals surface area contributed by atoms with Gasteiger partial charge in [-0.2, -0.15) is 0 Å². The molecule has 0 aliphatic rings. The van der Waals surface area contributed by atoms with Gasteiger partial charge >= 0.3 is 6.03 Å². The summed E-state index contributed by atoms with van der Waals surface area (Å²) in [5.41, 5.74) is 0.920. The molecule has 2 heterocycles. The quantitative estimate of drug-likeness (QED) is 0.883. The molecule has 0 aromatic carbocycles. The van der Waals surface area contributed by atoms with Gasteiger partial charge in [-0.05, 0) is 31.0 Å². The predicted molar refractivity (Wildman–Crippen MR) is 93.9 cm³/mol. The van der Waals surface area contributed by atoms with E-state index in [0.717, 1.165) is 17.7 Å². The lowest BCUT2D eigenvalue weighted by molar-refractivity contribution is 0.189. The highest BCUT2D eigenvalue weighted by Crippen LogP contribution is 2.26. The number of urea groups is 1. The zero-order valence-electron chi connectivity index (χ0n) is 15.0. The normalized spacial score (nSPS) is 12.7. The molecule has 0 spiro atoms. The molecule has 2 rings (SSSR count). The molecule has 130 valence electrons. The minimum absolute atomic E-state index is 0.00742. The van der Waals surface area contributed by atoms with Crippen LogP contribution in [0.1, 0.15) is 58.4 Å². The van der Waals surface area contributed by atoms with Gasteiger partial charge in [0.2, 0.25) is 0 Å². The van der Waals surface area contributed by atoms with Crippen molar-refractivity contribution in [2.24, 2.45) is 0 Å². The van der Waals surface area contributed by atoms with E-state index in [1.54, 1.807) is 23.4 Å². The molecular weight excluding hydrogens is 304 g/mol. The fourth-order valence-electron chi connectivity index (χ4n) is 2.60. The smallest absolute Gasteiger partial charge is 0.323 e. The summed E-state index contributed by atoms with van der Waals surface area (Å²) in [6, 6.07) is 5.47. The molecule has 6 heteroatoms. The van der Waals surface area contributed by atoms with E-state index in [1.807, 2.05) is 39.8 Å². The number of carbonyl (C=O) groups excluding carboxylic acids is 1. The molecule has 6 nitrogen and oxygen atoms in total. The van der Waals surface area contributed by atoms with E-state index >= 15 is 0 Å². The van der Waals surface area contributed by atoms with Gasteiger partial charge in [-0.3, -0.25) is 10.3 Å². The number of carbonyl (C=O) groups is 1. The van der Waals surface area contributed by atoms with Crippen LogP contribution in [0.3, 0.4) is 0 Å². The van der Waals surface area contributed by atoms with Crippen molar-refractivity contribution in [3.05, 3.63) is 41.9 Å². The van der Waals surface area contributed by atoms with Gasteiger partial charge in [-0.1, -0.05) is 32.9 Å². The fraction of sp³-hybridized carbons (Fsp3) is 0.500. The fourth-order valence-corrected chi connectivity index (χ4v) is 2.60. The van der Waals surface area contributed by atoms with Gasteiger partial charge in [0.25, 0.3) is 0 Å². The molecule has 2 aromatic heterocycles. The average molecular weight is 330 g/mol. The number of aromatic nitrogens is 2. The first-order chi connectivity index (χ1) is 11.4. The van der Waals surface area contributed by atoms with Crippen LogP contribution in [0.25, 0.3) is 0 Å². The first-order valence-corrected chi connectivity index (χ1v) is 8.31. The Morgan fingerprint density at radius 2 is 1.96 bits per heavy atom. The Balaban J connectivity index is 2.15. The zero-order chi connectivity index (χ0) is 17.7. The number of nitrogens with one attached hydrogen (secondary N) is 1. The Kier molecular flexibility index (Phi) is 5.59. The predicted octanol–water partition coefficient (Wildman–Crippen LogP) is 4.37. The third-order valence-corrected chi connectivity index (χ3v) is 3.94. The lowest BCUT2D eigenvalue weighted by atomic mass is 9.93. The van der Waals surface area contributed by atoms with Crippen LogP contribution in [-0.4, -0.2) is 27.6 Å². The van der Waals surface area contributed by atoms with E-state index in [4.69, 9.17) is 4.52 Å². The maximum absolute atomic E-state index is 12.7. The lowest BCUT2D eigenvalue weighted by Crippen LogP contribution is -2.38. The Labute approximate surface area is 143 Å². The number of pyridine rings is 1.